The van der Waals surface area contributed by atoms with Gasteiger partial charge in [-0.1, -0.05) is 6.07 Å². The highest BCUT2D eigenvalue weighted by Gasteiger charge is 2.16. The number of carbonyl (C=O) groups is 2. The van der Waals surface area contributed by atoms with Crippen LogP contribution in [-0.2, 0) is 11.8 Å². The van der Waals surface area contributed by atoms with E-state index in [1.807, 2.05) is 19.9 Å². The van der Waals surface area contributed by atoms with Gasteiger partial charge in [0.1, 0.15) is 5.69 Å². The Kier molecular flexibility index (Phi) is 3.78. The topological polar surface area (TPSA) is 64.1 Å². The molecule has 0 saturated carbocycles. The van der Waals surface area contributed by atoms with Crippen LogP contribution in [0.5, 0.6) is 0 Å². The first-order valence-corrected chi connectivity index (χ1v) is 7.37. The van der Waals surface area contributed by atoms with Crippen LogP contribution in [0.4, 0.5) is 0 Å². The summed E-state index contributed by atoms with van der Waals surface area (Å²) in [7, 11) is 1.78. The van der Waals surface area contributed by atoms with E-state index in [9.17, 15) is 9.59 Å². The number of esters is 1. The molecule has 0 spiro atoms. The first-order valence-electron chi connectivity index (χ1n) is 7.37. The van der Waals surface area contributed by atoms with E-state index in [1.165, 1.54) is 0 Å². The summed E-state index contributed by atoms with van der Waals surface area (Å²) in [6, 6.07) is 9.28. The fraction of sp³-hybridized carbons (Fsp3) is 0.222. The summed E-state index contributed by atoms with van der Waals surface area (Å²) in [6.45, 7) is 3.73. The van der Waals surface area contributed by atoms with Crippen LogP contribution in [0.25, 0.3) is 10.9 Å². The number of hydrogen-bond acceptors (Lipinski definition) is 3. The normalized spacial score (nSPS) is 10.9. The number of benzene rings is 1. The first-order chi connectivity index (χ1) is 11.0. The van der Waals surface area contributed by atoms with E-state index in [-0.39, 0.29) is 12.4 Å². The van der Waals surface area contributed by atoms with Crippen molar-refractivity contribution in [2.24, 2.45) is 7.05 Å². The molecular weight excluding hydrogens is 292 g/mol. The van der Waals surface area contributed by atoms with Crippen molar-refractivity contribution in [3.8, 4) is 0 Å². The molecule has 0 radical (unpaired) electrons. The Labute approximate surface area is 133 Å². The molecule has 5 heteroatoms. The standard InChI is InChI=1S/C18H18N2O3/c1-11-7-12(2)13-9-15(19-14(13)8-11)18(22)23-10-17(21)16-5-4-6-20(16)3/h4-9,19H,10H2,1-3H3. The number of hydrogen-bond donors (Lipinski definition) is 1. The minimum absolute atomic E-state index is 0.228. The number of H-pyrrole nitrogens is 1. The van der Waals surface area contributed by atoms with Gasteiger partial charge in [-0.25, -0.2) is 4.79 Å². The van der Waals surface area contributed by atoms with Gasteiger partial charge in [0, 0.05) is 24.1 Å². The lowest BCUT2D eigenvalue weighted by molar-refractivity contribution is 0.0467. The molecule has 0 fully saturated rings. The molecular formula is C18H18N2O3. The molecule has 3 rings (SSSR count). The van der Waals surface area contributed by atoms with E-state index in [2.05, 4.69) is 11.1 Å². The van der Waals surface area contributed by atoms with E-state index in [0.29, 0.717) is 11.4 Å². The fourth-order valence-corrected chi connectivity index (χ4v) is 2.74. The van der Waals surface area contributed by atoms with Crippen molar-refractivity contribution in [1.82, 2.24) is 9.55 Å². The number of ketones is 1. The molecule has 23 heavy (non-hydrogen) atoms. The number of Topliss-reactive ketones (excluding diaryl/α,β-unsaturated/α-hetero) is 1. The Hall–Kier alpha value is -2.82. The van der Waals surface area contributed by atoms with E-state index in [0.717, 1.165) is 22.0 Å². The number of ether oxygens (including phenoxy) is 1. The van der Waals surface area contributed by atoms with E-state index in [4.69, 9.17) is 4.74 Å². The summed E-state index contributed by atoms with van der Waals surface area (Å²) < 4.78 is 6.83. The highest BCUT2D eigenvalue weighted by Crippen LogP contribution is 2.21. The third-order valence-corrected chi connectivity index (χ3v) is 3.87. The molecule has 0 amide bonds. The zero-order valence-electron chi connectivity index (χ0n) is 13.3. The van der Waals surface area contributed by atoms with Crippen molar-refractivity contribution < 1.29 is 14.3 Å². The van der Waals surface area contributed by atoms with E-state index >= 15 is 0 Å². The molecule has 5 nitrogen and oxygen atoms in total. The van der Waals surface area contributed by atoms with Gasteiger partial charge in [0.25, 0.3) is 0 Å². The second-order valence-corrected chi connectivity index (χ2v) is 5.73. The minimum Gasteiger partial charge on any atom is -0.453 e. The second-order valence-electron chi connectivity index (χ2n) is 5.73. The van der Waals surface area contributed by atoms with Crippen molar-refractivity contribution >= 4 is 22.7 Å². The Morgan fingerprint density at radius 3 is 2.70 bits per heavy atom. The molecule has 0 aliphatic carbocycles. The Morgan fingerprint density at radius 2 is 2.00 bits per heavy atom. The number of nitrogens with zero attached hydrogens (tertiary/aromatic N) is 1. The van der Waals surface area contributed by atoms with Crippen LogP contribution in [0, 0.1) is 13.8 Å². The molecule has 3 aromatic rings. The monoisotopic (exact) mass is 310 g/mol. The summed E-state index contributed by atoms with van der Waals surface area (Å²) in [6.07, 6.45) is 1.78. The molecule has 1 aromatic carbocycles. The summed E-state index contributed by atoms with van der Waals surface area (Å²) in [4.78, 5) is 27.2. The third kappa shape index (κ3) is 2.90. The molecule has 0 atom stereocenters. The number of rotatable bonds is 4. The Bertz CT molecular complexity index is 902. The lowest BCUT2D eigenvalue weighted by Crippen LogP contribution is -2.16. The van der Waals surface area contributed by atoms with Gasteiger partial charge in [-0.05, 0) is 49.2 Å². The quantitative estimate of drug-likeness (QED) is 0.594. The Morgan fingerprint density at radius 1 is 1.22 bits per heavy atom. The third-order valence-electron chi connectivity index (χ3n) is 3.87. The fourth-order valence-electron chi connectivity index (χ4n) is 2.74. The molecule has 0 bridgehead atoms. The number of aromatic amines is 1. The second kappa shape index (κ2) is 5.76. The van der Waals surface area contributed by atoms with Crippen LogP contribution in [0.15, 0.2) is 36.5 Å². The lowest BCUT2D eigenvalue weighted by Gasteiger charge is -2.04. The van der Waals surface area contributed by atoms with Gasteiger partial charge >= 0.3 is 5.97 Å². The predicted octanol–water partition coefficient (Wildman–Crippen LogP) is 3.16. The van der Waals surface area contributed by atoms with Gasteiger partial charge in [-0.3, -0.25) is 4.79 Å². The zero-order valence-corrected chi connectivity index (χ0v) is 13.3. The average molecular weight is 310 g/mol. The highest BCUT2D eigenvalue weighted by molar-refractivity contribution is 5.99. The molecule has 0 aliphatic heterocycles. The molecule has 2 heterocycles. The van der Waals surface area contributed by atoms with Crippen molar-refractivity contribution in [1.29, 1.82) is 0 Å². The minimum atomic E-state index is -0.527. The van der Waals surface area contributed by atoms with Gasteiger partial charge in [0.2, 0.25) is 5.78 Å². The van der Waals surface area contributed by atoms with Gasteiger partial charge < -0.3 is 14.3 Å². The van der Waals surface area contributed by atoms with Gasteiger partial charge in [0.15, 0.2) is 6.61 Å². The van der Waals surface area contributed by atoms with Crippen molar-refractivity contribution in [3.05, 3.63) is 59.0 Å². The van der Waals surface area contributed by atoms with Crippen LogP contribution in [0.1, 0.15) is 32.1 Å². The summed E-state index contributed by atoms with van der Waals surface area (Å²) in [5, 5.41) is 0.983. The zero-order chi connectivity index (χ0) is 16.6. The smallest absolute Gasteiger partial charge is 0.355 e. The molecule has 0 saturated heterocycles. The van der Waals surface area contributed by atoms with Crippen LogP contribution in [-0.4, -0.2) is 27.9 Å². The first kappa shape index (κ1) is 15.1. The van der Waals surface area contributed by atoms with E-state index in [1.54, 1.807) is 36.0 Å². The summed E-state index contributed by atoms with van der Waals surface area (Å²) in [5.41, 5.74) is 3.98. The maximum absolute atomic E-state index is 12.2. The molecule has 2 aromatic heterocycles. The number of aromatic nitrogens is 2. The number of carbonyl (C=O) groups excluding carboxylic acids is 2. The largest absolute Gasteiger partial charge is 0.453 e. The van der Waals surface area contributed by atoms with Gasteiger partial charge in [-0.2, -0.15) is 0 Å². The molecule has 0 aliphatic rings. The molecule has 0 unspecified atom stereocenters. The van der Waals surface area contributed by atoms with Crippen LogP contribution < -0.4 is 0 Å². The number of fused-ring (bicyclic) bond motifs is 1. The summed E-state index contributed by atoms with van der Waals surface area (Å²) >= 11 is 0. The number of nitrogens with one attached hydrogen (secondary N) is 1. The van der Waals surface area contributed by atoms with Gasteiger partial charge in [0.05, 0.1) is 5.69 Å². The molecule has 1 N–H and O–H groups in total. The van der Waals surface area contributed by atoms with Crippen molar-refractivity contribution in [2.75, 3.05) is 6.61 Å². The summed E-state index contributed by atoms with van der Waals surface area (Å²) in [5.74, 6) is -0.755. The van der Waals surface area contributed by atoms with Crippen molar-refractivity contribution in [2.45, 2.75) is 13.8 Å². The van der Waals surface area contributed by atoms with E-state index < -0.39 is 5.97 Å². The number of aryl methyl sites for hydroxylation is 3. The molecule has 118 valence electrons. The maximum Gasteiger partial charge on any atom is 0.355 e. The van der Waals surface area contributed by atoms with Crippen molar-refractivity contribution in [3.63, 3.8) is 0 Å². The lowest BCUT2D eigenvalue weighted by atomic mass is 10.1. The highest BCUT2D eigenvalue weighted by atomic mass is 16.5. The average Bonchev–Trinajstić information content (AvgIpc) is 3.10. The van der Waals surface area contributed by atoms with Crippen LogP contribution in [0.3, 0.4) is 0 Å². The van der Waals surface area contributed by atoms with Crippen LogP contribution in [0.2, 0.25) is 0 Å². The Balaban J connectivity index is 1.75. The predicted molar refractivity (Wildman–Crippen MR) is 87.8 cm³/mol. The maximum atomic E-state index is 12.2. The SMILES string of the molecule is Cc1cc(C)c2cc(C(=O)OCC(=O)c3cccn3C)[nH]c2c1. The van der Waals surface area contributed by atoms with Gasteiger partial charge in [-0.15, -0.1) is 0 Å². The van der Waals surface area contributed by atoms with Crippen LogP contribution >= 0.6 is 0 Å².